The van der Waals surface area contributed by atoms with Crippen molar-refractivity contribution in [3.63, 3.8) is 0 Å². The molecular formula is C25H19N5O3S. The second-order valence-electron chi connectivity index (χ2n) is 7.57. The van der Waals surface area contributed by atoms with E-state index in [0.29, 0.717) is 23.0 Å². The van der Waals surface area contributed by atoms with E-state index < -0.39 is 5.97 Å². The summed E-state index contributed by atoms with van der Waals surface area (Å²) in [5, 5.41) is 21.8. The number of carbonyl (C=O) groups excluding carboxylic acids is 1. The fourth-order valence-electron chi connectivity index (χ4n) is 3.70. The minimum Gasteiger partial charge on any atom is -0.478 e. The normalized spacial score (nSPS) is 11.1. The molecule has 0 saturated heterocycles. The van der Waals surface area contributed by atoms with E-state index in [0.717, 1.165) is 22.0 Å². The van der Waals surface area contributed by atoms with Gasteiger partial charge in [-0.15, -0.1) is 10.2 Å². The number of thioether (sulfide) groups is 1. The highest BCUT2D eigenvalue weighted by atomic mass is 32.2. The first-order valence-electron chi connectivity index (χ1n) is 10.5. The maximum absolute atomic E-state index is 12.4. The highest BCUT2D eigenvalue weighted by molar-refractivity contribution is 7.99. The Morgan fingerprint density at radius 2 is 1.65 bits per heavy atom. The molecule has 0 aliphatic carbocycles. The number of aromatic nitrogens is 4. The average molecular weight is 470 g/mol. The van der Waals surface area contributed by atoms with Crippen LogP contribution in [0.4, 0.5) is 5.69 Å². The van der Waals surface area contributed by atoms with Crippen LogP contribution in [0.5, 0.6) is 0 Å². The summed E-state index contributed by atoms with van der Waals surface area (Å²) in [6.45, 7) is 0.639. The van der Waals surface area contributed by atoms with Gasteiger partial charge in [0.15, 0.2) is 5.65 Å². The quantitative estimate of drug-likeness (QED) is 0.339. The minimum atomic E-state index is -1.02. The third-order valence-corrected chi connectivity index (χ3v) is 6.12. The predicted octanol–water partition coefficient (Wildman–Crippen LogP) is 4.46. The van der Waals surface area contributed by atoms with Crippen molar-refractivity contribution in [3.05, 3.63) is 90.0 Å². The van der Waals surface area contributed by atoms with Crippen molar-refractivity contribution in [2.45, 2.75) is 11.7 Å². The van der Waals surface area contributed by atoms with Crippen molar-refractivity contribution in [1.82, 2.24) is 19.7 Å². The van der Waals surface area contributed by atoms with Crippen molar-refractivity contribution in [2.24, 2.45) is 0 Å². The van der Waals surface area contributed by atoms with Gasteiger partial charge >= 0.3 is 5.97 Å². The number of nitrogens with one attached hydrogen (secondary N) is 1. The second-order valence-corrected chi connectivity index (χ2v) is 8.52. The average Bonchev–Trinajstić information content (AvgIpc) is 3.17. The number of benzene rings is 3. The lowest BCUT2D eigenvalue weighted by Crippen LogP contribution is -2.14. The Kier molecular flexibility index (Phi) is 5.92. The van der Waals surface area contributed by atoms with Gasteiger partial charge in [-0.05, 0) is 35.9 Å². The Labute approximate surface area is 198 Å². The van der Waals surface area contributed by atoms with E-state index in [1.165, 1.54) is 23.9 Å². The topological polar surface area (TPSA) is 110 Å². The summed E-state index contributed by atoms with van der Waals surface area (Å²) in [6, 6.07) is 24.1. The standard InChI is InChI=1S/C25H19N5O3S/c31-21(26-18-12-10-17(11-13-18)24(32)33)15-34-25-27-23-22(28-29-25)19-8-4-5-9-20(19)30(23)14-16-6-2-1-3-7-16/h1-13H,14-15H2,(H,26,31)(H,32,33). The molecule has 0 saturated carbocycles. The number of hydrogen-bond acceptors (Lipinski definition) is 6. The Morgan fingerprint density at radius 1 is 0.912 bits per heavy atom. The van der Waals surface area contributed by atoms with E-state index in [4.69, 9.17) is 10.1 Å². The van der Waals surface area contributed by atoms with E-state index in [9.17, 15) is 9.59 Å². The molecule has 0 fully saturated rings. The van der Waals surface area contributed by atoms with E-state index in [1.54, 1.807) is 12.1 Å². The predicted molar refractivity (Wildman–Crippen MR) is 131 cm³/mol. The Hall–Kier alpha value is -4.24. The Balaban J connectivity index is 1.37. The summed E-state index contributed by atoms with van der Waals surface area (Å²) in [4.78, 5) is 28.1. The molecule has 3 aromatic carbocycles. The zero-order valence-corrected chi connectivity index (χ0v) is 18.7. The van der Waals surface area contributed by atoms with Crippen LogP contribution in [0.25, 0.3) is 22.1 Å². The van der Waals surface area contributed by atoms with Crippen molar-refractivity contribution >= 4 is 51.4 Å². The molecule has 8 nitrogen and oxygen atoms in total. The smallest absolute Gasteiger partial charge is 0.335 e. The maximum atomic E-state index is 12.4. The van der Waals surface area contributed by atoms with E-state index >= 15 is 0 Å². The minimum absolute atomic E-state index is 0.0901. The van der Waals surface area contributed by atoms with E-state index in [-0.39, 0.29) is 17.2 Å². The second kappa shape index (κ2) is 9.32. The van der Waals surface area contributed by atoms with Gasteiger partial charge in [-0.3, -0.25) is 4.79 Å². The van der Waals surface area contributed by atoms with Crippen LogP contribution in [0, 0.1) is 0 Å². The number of anilines is 1. The molecule has 0 unspecified atom stereocenters. The largest absolute Gasteiger partial charge is 0.478 e. The molecule has 2 aromatic heterocycles. The molecule has 2 N–H and O–H groups in total. The van der Waals surface area contributed by atoms with E-state index in [2.05, 4.69) is 32.2 Å². The summed E-state index contributed by atoms with van der Waals surface area (Å²) >= 11 is 1.19. The van der Waals surface area contributed by atoms with E-state index in [1.807, 2.05) is 42.5 Å². The molecule has 2 heterocycles. The van der Waals surface area contributed by atoms with Crippen molar-refractivity contribution in [1.29, 1.82) is 0 Å². The zero-order chi connectivity index (χ0) is 23.5. The van der Waals surface area contributed by atoms with Gasteiger partial charge in [0.25, 0.3) is 0 Å². The number of rotatable bonds is 7. The van der Waals surface area contributed by atoms with Gasteiger partial charge in [0.2, 0.25) is 11.1 Å². The number of amides is 1. The number of fused-ring (bicyclic) bond motifs is 3. The summed E-state index contributed by atoms with van der Waals surface area (Å²) < 4.78 is 2.11. The lowest BCUT2D eigenvalue weighted by molar-refractivity contribution is -0.113. The van der Waals surface area contributed by atoms with Crippen LogP contribution in [0.1, 0.15) is 15.9 Å². The van der Waals surface area contributed by atoms with Crippen molar-refractivity contribution in [3.8, 4) is 0 Å². The number of hydrogen-bond donors (Lipinski definition) is 2. The van der Waals surface area contributed by atoms with Gasteiger partial charge in [-0.25, -0.2) is 9.78 Å². The molecular weight excluding hydrogens is 450 g/mol. The third kappa shape index (κ3) is 4.46. The highest BCUT2D eigenvalue weighted by Gasteiger charge is 2.16. The first kappa shape index (κ1) is 21.6. The molecule has 0 aliphatic rings. The van der Waals surface area contributed by atoms with Gasteiger partial charge in [0.05, 0.1) is 16.8 Å². The molecule has 0 bridgehead atoms. The Bertz CT molecular complexity index is 1500. The lowest BCUT2D eigenvalue weighted by atomic mass is 10.2. The molecule has 34 heavy (non-hydrogen) atoms. The molecule has 9 heteroatoms. The maximum Gasteiger partial charge on any atom is 0.335 e. The van der Waals surface area contributed by atoms with Gasteiger partial charge in [-0.2, -0.15) is 0 Å². The molecule has 5 rings (SSSR count). The monoisotopic (exact) mass is 469 g/mol. The van der Waals surface area contributed by atoms with Gasteiger partial charge in [0, 0.05) is 17.6 Å². The van der Waals surface area contributed by atoms with Crippen LogP contribution in [-0.4, -0.2) is 42.5 Å². The van der Waals surface area contributed by atoms with Crippen LogP contribution in [0.15, 0.2) is 84.0 Å². The molecule has 0 radical (unpaired) electrons. The van der Waals surface area contributed by atoms with Crippen LogP contribution in [0.3, 0.4) is 0 Å². The first-order chi connectivity index (χ1) is 16.6. The number of aromatic carboxylic acids is 1. The molecule has 0 spiro atoms. The summed E-state index contributed by atoms with van der Waals surface area (Å²) in [5.41, 5.74) is 4.28. The summed E-state index contributed by atoms with van der Waals surface area (Å²) in [5.74, 6) is -1.17. The number of carboxylic acid groups (broad SMARTS) is 1. The SMILES string of the molecule is O=C(CSc1nnc2c3ccccc3n(Cc3ccccc3)c2n1)Nc1ccc(C(=O)O)cc1. The third-order valence-electron chi connectivity index (χ3n) is 5.29. The Morgan fingerprint density at radius 3 is 2.41 bits per heavy atom. The highest BCUT2D eigenvalue weighted by Crippen LogP contribution is 2.28. The van der Waals surface area contributed by atoms with Crippen LogP contribution in [-0.2, 0) is 11.3 Å². The molecule has 0 atom stereocenters. The van der Waals surface area contributed by atoms with Crippen molar-refractivity contribution < 1.29 is 14.7 Å². The summed E-state index contributed by atoms with van der Waals surface area (Å²) in [6.07, 6.45) is 0. The lowest BCUT2D eigenvalue weighted by Gasteiger charge is -2.07. The summed E-state index contributed by atoms with van der Waals surface area (Å²) in [7, 11) is 0. The van der Waals surface area contributed by atoms with Crippen LogP contribution >= 0.6 is 11.8 Å². The van der Waals surface area contributed by atoms with Gasteiger partial charge in [0.1, 0.15) is 5.52 Å². The fourth-order valence-corrected chi connectivity index (χ4v) is 4.28. The molecule has 168 valence electrons. The number of carboxylic acids is 1. The van der Waals surface area contributed by atoms with Crippen molar-refractivity contribution in [2.75, 3.05) is 11.1 Å². The molecule has 1 amide bonds. The number of carbonyl (C=O) groups is 2. The van der Waals surface area contributed by atoms with Crippen LogP contribution < -0.4 is 5.32 Å². The first-order valence-corrected chi connectivity index (χ1v) is 11.5. The van der Waals surface area contributed by atoms with Gasteiger partial charge in [-0.1, -0.05) is 60.3 Å². The molecule has 0 aliphatic heterocycles. The number of nitrogens with zero attached hydrogens (tertiary/aromatic N) is 4. The van der Waals surface area contributed by atoms with Crippen LogP contribution in [0.2, 0.25) is 0 Å². The molecule has 5 aromatic rings. The fraction of sp³-hybridized carbons (Fsp3) is 0.0800. The number of para-hydroxylation sites is 1. The zero-order valence-electron chi connectivity index (χ0n) is 17.9. The van der Waals surface area contributed by atoms with Gasteiger partial charge < -0.3 is 15.0 Å².